The molecule has 0 aliphatic carbocycles. The third kappa shape index (κ3) is 9.56. The second kappa shape index (κ2) is 19.0. The molecule has 7 aromatic rings. The quantitative estimate of drug-likeness (QED) is 0.107. The summed E-state index contributed by atoms with van der Waals surface area (Å²) < 4.78 is 26.6. The number of nitrogens with one attached hydrogen (secondary N) is 2. The van der Waals surface area contributed by atoms with Crippen LogP contribution in [-0.4, -0.2) is 61.5 Å². The molecule has 0 spiro atoms. The van der Waals surface area contributed by atoms with E-state index in [0.717, 1.165) is 48.8 Å². The normalized spacial score (nSPS) is 12.1. The van der Waals surface area contributed by atoms with Crippen molar-refractivity contribution in [2.45, 2.75) is 46.7 Å². The van der Waals surface area contributed by atoms with Gasteiger partial charge in [0.25, 0.3) is 0 Å². The number of carbonyl (C=O) groups is 1. The van der Waals surface area contributed by atoms with E-state index in [-0.39, 0.29) is 18.1 Å². The summed E-state index contributed by atoms with van der Waals surface area (Å²) in [5.74, 6) is 5.08. The van der Waals surface area contributed by atoms with Gasteiger partial charge in [-0.1, -0.05) is 24.3 Å². The third-order valence-electron chi connectivity index (χ3n) is 9.39. The molecule has 4 aromatic heterocycles. The van der Waals surface area contributed by atoms with E-state index in [1.807, 2.05) is 69.3 Å². The molecule has 306 valence electrons. The third-order valence-corrected chi connectivity index (χ3v) is 11.9. The molecule has 12 nitrogen and oxygen atoms in total. The lowest BCUT2D eigenvalue weighted by Crippen LogP contribution is -2.08. The van der Waals surface area contributed by atoms with Crippen molar-refractivity contribution in [1.29, 1.82) is 0 Å². The molecule has 0 aliphatic rings. The first kappa shape index (κ1) is 42.4. The number of ether oxygens (including phenoxy) is 5. The van der Waals surface area contributed by atoms with Gasteiger partial charge in [0.1, 0.15) is 23.3 Å². The first-order valence-electron chi connectivity index (χ1n) is 18.8. The zero-order valence-corrected chi connectivity index (χ0v) is 36.4. The topological polar surface area (TPSA) is 139 Å². The number of benzene rings is 3. The summed E-state index contributed by atoms with van der Waals surface area (Å²) in [4.78, 5) is 35.1. The molecule has 0 radical (unpaired) electrons. The number of carbonyl (C=O) groups excluding carboxylic acids is 1. The largest absolute Gasteiger partial charge is 0.493 e. The summed E-state index contributed by atoms with van der Waals surface area (Å²) in [7, 11) is 7.85. The van der Waals surface area contributed by atoms with Crippen molar-refractivity contribution >= 4 is 68.2 Å². The Morgan fingerprint density at radius 1 is 0.644 bits per heavy atom. The Labute approximate surface area is 352 Å². The maximum Gasteiger partial charge on any atom is 0.338 e. The van der Waals surface area contributed by atoms with Crippen LogP contribution in [0, 0.1) is 13.8 Å². The number of esters is 1. The second-order valence-electron chi connectivity index (χ2n) is 13.4. The van der Waals surface area contributed by atoms with Gasteiger partial charge in [-0.2, -0.15) is 0 Å². The number of anilines is 2. The molecule has 0 amide bonds. The van der Waals surface area contributed by atoms with Crippen molar-refractivity contribution in [3.63, 3.8) is 0 Å². The van der Waals surface area contributed by atoms with Crippen LogP contribution < -0.4 is 29.6 Å². The SMILES string of the molecule is C/C=C/c1ccc(C(C)Nc2nc(C)nc3cc(OC)c(OC)cc23)s1.COC(=O)c1ccccc1-c1ccc(C(C)Nc2nc(C)nc3cc(OC)c(OC)cc23)s1. The number of fused-ring (bicyclic) bond motifs is 2. The zero-order valence-electron chi connectivity index (χ0n) is 34.8. The van der Waals surface area contributed by atoms with Crippen LogP contribution in [0.5, 0.6) is 23.0 Å². The van der Waals surface area contributed by atoms with Crippen molar-refractivity contribution in [3.8, 4) is 33.4 Å². The number of nitrogens with zero attached hydrogens (tertiary/aromatic N) is 4. The summed E-state index contributed by atoms with van der Waals surface area (Å²) in [6.45, 7) is 9.99. The lowest BCUT2D eigenvalue weighted by atomic mass is 10.1. The Morgan fingerprint density at radius 2 is 1.14 bits per heavy atom. The van der Waals surface area contributed by atoms with E-state index in [0.29, 0.717) is 40.2 Å². The van der Waals surface area contributed by atoms with E-state index in [1.165, 1.54) is 16.9 Å². The van der Waals surface area contributed by atoms with Crippen LogP contribution in [-0.2, 0) is 4.74 Å². The maximum absolute atomic E-state index is 12.2. The Morgan fingerprint density at radius 3 is 1.64 bits per heavy atom. The molecule has 0 fully saturated rings. The fourth-order valence-electron chi connectivity index (χ4n) is 6.49. The van der Waals surface area contributed by atoms with Crippen LogP contribution in [0.25, 0.3) is 38.3 Å². The van der Waals surface area contributed by atoms with Crippen LogP contribution in [0.3, 0.4) is 0 Å². The van der Waals surface area contributed by atoms with Gasteiger partial charge in [-0.25, -0.2) is 24.7 Å². The molecule has 2 unspecified atom stereocenters. The fraction of sp³-hybridized carbons (Fsp3) is 0.267. The van der Waals surface area contributed by atoms with Crippen LogP contribution in [0.2, 0.25) is 0 Å². The van der Waals surface area contributed by atoms with Gasteiger partial charge in [0.15, 0.2) is 23.0 Å². The minimum Gasteiger partial charge on any atom is -0.493 e. The molecule has 0 aliphatic heterocycles. The average molecular weight is 833 g/mol. The Hall–Kier alpha value is -6.25. The Balaban J connectivity index is 0.000000204. The van der Waals surface area contributed by atoms with E-state index in [2.05, 4.69) is 74.8 Å². The molecule has 59 heavy (non-hydrogen) atoms. The molecule has 2 N–H and O–H groups in total. The molecule has 4 heterocycles. The molecule has 0 saturated heterocycles. The smallest absolute Gasteiger partial charge is 0.338 e. The number of aromatic nitrogens is 4. The van der Waals surface area contributed by atoms with E-state index in [4.69, 9.17) is 23.7 Å². The highest BCUT2D eigenvalue weighted by atomic mass is 32.1. The van der Waals surface area contributed by atoms with Crippen molar-refractivity contribution in [3.05, 3.63) is 111 Å². The van der Waals surface area contributed by atoms with Gasteiger partial charge in [0.05, 0.1) is 64.2 Å². The summed E-state index contributed by atoms with van der Waals surface area (Å²) in [6.07, 6.45) is 4.16. The molecule has 2 atom stereocenters. The number of rotatable bonds is 13. The second-order valence-corrected chi connectivity index (χ2v) is 15.7. The fourth-order valence-corrected chi connectivity index (χ4v) is 8.52. The zero-order chi connectivity index (χ0) is 42.2. The summed E-state index contributed by atoms with van der Waals surface area (Å²) in [6, 6.07) is 23.5. The highest BCUT2D eigenvalue weighted by molar-refractivity contribution is 7.15. The first-order chi connectivity index (χ1) is 28.5. The van der Waals surface area contributed by atoms with Gasteiger partial charge < -0.3 is 34.3 Å². The minimum atomic E-state index is -0.348. The van der Waals surface area contributed by atoms with Gasteiger partial charge in [-0.05, 0) is 83.2 Å². The molecule has 0 bridgehead atoms. The number of hydrogen-bond acceptors (Lipinski definition) is 14. The van der Waals surface area contributed by atoms with E-state index >= 15 is 0 Å². The van der Waals surface area contributed by atoms with Crippen LogP contribution >= 0.6 is 22.7 Å². The standard InChI is InChI=1S/C25H25N3O4S.C20H23N3O2S/c1-14(22-10-11-23(33-22)16-8-6-7-9-17(16)25(29)32-5)26-24-18-12-20(30-3)21(31-4)13-19(18)27-15(2)28-24;1-6-7-14-8-9-19(26-14)12(2)21-20-15-10-17(24-4)18(25-5)11-16(15)22-13(3)23-20/h6-14H,1-5H3,(H,26,27,28);6-12H,1-5H3,(H,21,22,23)/b;7-6+. The van der Waals surface area contributed by atoms with Gasteiger partial charge in [-0.15, -0.1) is 22.7 Å². The van der Waals surface area contributed by atoms with E-state index in [1.54, 1.807) is 57.2 Å². The van der Waals surface area contributed by atoms with Crippen molar-refractivity contribution in [2.75, 3.05) is 46.2 Å². The van der Waals surface area contributed by atoms with Crippen molar-refractivity contribution < 1.29 is 28.5 Å². The van der Waals surface area contributed by atoms with Crippen LogP contribution in [0.15, 0.2) is 78.9 Å². The van der Waals surface area contributed by atoms with Crippen LogP contribution in [0.4, 0.5) is 11.6 Å². The van der Waals surface area contributed by atoms with Crippen LogP contribution in [0.1, 0.15) is 69.5 Å². The van der Waals surface area contributed by atoms with Gasteiger partial charge >= 0.3 is 5.97 Å². The molecule has 14 heteroatoms. The monoisotopic (exact) mass is 832 g/mol. The number of methoxy groups -OCH3 is 5. The lowest BCUT2D eigenvalue weighted by Gasteiger charge is -2.16. The predicted molar refractivity (Wildman–Crippen MR) is 239 cm³/mol. The Kier molecular flexibility index (Phi) is 13.6. The van der Waals surface area contributed by atoms with E-state index in [9.17, 15) is 4.79 Å². The molecule has 3 aromatic carbocycles. The highest BCUT2D eigenvalue weighted by Gasteiger charge is 2.19. The molecular formula is C45H48N6O6S2. The summed E-state index contributed by atoms with van der Waals surface area (Å²) >= 11 is 3.39. The summed E-state index contributed by atoms with van der Waals surface area (Å²) in [5.41, 5.74) is 3.00. The number of hydrogen-bond donors (Lipinski definition) is 2. The number of allylic oxidation sites excluding steroid dienone is 1. The molecular weight excluding hydrogens is 785 g/mol. The average Bonchev–Trinajstić information content (AvgIpc) is 3.94. The maximum atomic E-state index is 12.2. The minimum absolute atomic E-state index is 0.0281. The lowest BCUT2D eigenvalue weighted by molar-refractivity contribution is 0.0601. The van der Waals surface area contributed by atoms with Gasteiger partial charge in [-0.3, -0.25) is 0 Å². The predicted octanol–water partition coefficient (Wildman–Crippen LogP) is 10.9. The number of aryl methyl sites for hydroxylation is 2. The van der Waals surface area contributed by atoms with Crippen molar-refractivity contribution in [2.24, 2.45) is 0 Å². The molecule has 7 rings (SSSR count). The van der Waals surface area contributed by atoms with Crippen molar-refractivity contribution in [1.82, 2.24) is 19.9 Å². The number of thiophene rings is 2. The first-order valence-corrected chi connectivity index (χ1v) is 20.5. The Bertz CT molecular complexity index is 2620. The van der Waals surface area contributed by atoms with E-state index < -0.39 is 0 Å². The van der Waals surface area contributed by atoms with Gasteiger partial charge in [0.2, 0.25) is 0 Å². The highest BCUT2D eigenvalue weighted by Crippen LogP contribution is 2.39. The molecule has 0 saturated carbocycles. The van der Waals surface area contributed by atoms with Gasteiger partial charge in [0, 0.05) is 48.0 Å². The summed E-state index contributed by atoms with van der Waals surface area (Å²) in [5, 5.41) is 8.79.